The molecule has 0 radical (unpaired) electrons. The van der Waals surface area contributed by atoms with Crippen molar-refractivity contribution in [2.75, 3.05) is 0 Å². The lowest BCUT2D eigenvalue weighted by Crippen LogP contribution is -2.29. The zero-order chi connectivity index (χ0) is 18.2. The molecule has 0 spiro atoms. The zero-order valence-corrected chi connectivity index (χ0v) is 15.0. The molecule has 0 saturated carbocycles. The standard InChI is InChI=1S/C19H25N3O3/c1-4-11-22-18(23)10-9-17(21-22)19(24)20-12-15-7-5-6-8-16(15)13-25-14(2)3/h5-10,14H,4,11-13H2,1-3H3,(H,20,24). The Kier molecular flexibility index (Phi) is 6.89. The molecule has 0 fully saturated rings. The predicted octanol–water partition coefficient (Wildman–Crippen LogP) is 2.51. The molecule has 1 N–H and O–H groups in total. The SMILES string of the molecule is CCCn1nc(C(=O)NCc2ccccc2COC(C)C)ccc1=O. The summed E-state index contributed by atoms with van der Waals surface area (Å²) >= 11 is 0. The van der Waals surface area contributed by atoms with Crippen LogP contribution in [0, 0.1) is 0 Å². The summed E-state index contributed by atoms with van der Waals surface area (Å²) in [5.74, 6) is -0.301. The fourth-order valence-electron chi connectivity index (χ4n) is 2.34. The minimum absolute atomic E-state index is 0.145. The van der Waals surface area contributed by atoms with Crippen LogP contribution in [-0.2, 0) is 24.4 Å². The lowest BCUT2D eigenvalue weighted by molar-refractivity contribution is 0.0651. The van der Waals surface area contributed by atoms with Crippen LogP contribution in [0.2, 0.25) is 0 Å². The molecule has 6 heteroatoms. The Balaban J connectivity index is 2.05. The molecule has 0 aliphatic heterocycles. The lowest BCUT2D eigenvalue weighted by Gasteiger charge is -2.13. The van der Waals surface area contributed by atoms with Gasteiger partial charge in [-0.2, -0.15) is 5.10 Å². The molecule has 2 rings (SSSR count). The van der Waals surface area contributed by atoms with Gasteiger partial charge in [0.25, 0.3) is 11.5 Å². The topological polar surface area (TPSA) is 73.2 Å². The van der Waals surface area contributed by atoms with Crippen LogP contribution in [0.4, 0.5) is 0 Å². The first-order valence-electron chi connectivity index (χ1n) is 8.56. The van der Waals surface area contributed by atoms with E-state index in [9.17, 15) is 9.59 Å². The average molecular weight is 343 g/mol. The fourth-order valence-corrected chi connectivity index (χ4v) is 2.34. The zero-order valence-electron chi connectivity index (χ0n) is 15.0. The number of hydrogen-bond acceptors (Lipinski definition) is 4. The number of carbonyl (C=O) groups excluding carboxylic acids is 1. The lowest BCUT2D eigenvalue weighted by atomic mass is 10.1. The molecule has 0 aliphatic rings. The summed E-state index contributed by atoms with van der Waals surface area (Å²) in [4.78, 5) is 24.0. The quantitative estimate of drug-likeness (QED) is 0.799. The van der Waals surface area contributed by atoms with Crippen molar-refractivity contribution in [2.45, 2.75) is 53.0 Å². The van der Waals surface area contributed by atoms with Crippen molar-refractivity contribution in [1.82, 2.24) is 15.1 Å². The normalized spacial score (nSPS) is 10.9. The smallest absolute Gasteiger partial charge is 0.271 e. The Morgan fingerprint density at radius 2 is 1.92 bits per heavy atom. The maximum absolute atomic E-state index is 12.3. The van der Waals surface area contributed by atoms with E-state index in [1.54, 1.807) is 0 Å². The van der Waals surface area contributed by atoms with Gasteiger partial charge in [-0.15, -0.1) is 0 Å². The van der Waals surface area contributed by atoms with Gasteiger partial charge in [0.05, 0.1) is 12.7 Å². The average Bonchev–Trinajstić information content (AvgIpc) is 2.60. The van der Waals surface area contributed by atoms with Crippen LogP contribution in [0.25, 0.3) is 0 Å². The molecule has 2 aromatic rings. The molecule has 6 nitrogen and oxygen atoms in total. The van der Waals surface area contributed by atoms with Gasteiger partial charge >= 0.3 is 0 Å². The third kappa shape index (κ3) is 5.53. The molecule has 0 aliphatic carbocycles. The van der Waals surface area contributed by atoms with Gasteiger partial charge in [-0.25, -0.2) is 4.68 Å². The first-order chi connectivity index (χ1) is 12.0. The van der Waals surface area contributed by atoms with Gasteiger partial charge in [-0.05, 0) is 37.5 Å². The van der Waals surface area contributed by atoms with Crippen molar-refractivity contribution < 1.29 is 9.53 Å². The van der Waals surface area contributed by atoms with E-state index in [4.69, 9.17) is 4.74 Å². The summed E-state index contributed by atoms with van der Waals surface area (Å²) in [6.07, 6.45) is 0.924. The van der Waals surface area contributed by atoms with Gasteiger partial charge in [0, 0.05) is 19.2 Å². The van der Waals surface area contributed by atoms with E-state index >= 15 is 0 Å². The monoisotopic (exact) mass is 343 g/mol. The second-order valence-corrected chi connectivity index (χ2v) is 6.09. The van der Waals surface area contributed by atoms with E-state index in [0.29, 0.717) is 19.7 Å². The summed E-state index contributed by atoms with van der Waals surface area (Å²) in [6.45, 7) is 7.31. The number of nitrogens with one attached hydrogen (secondary N) is 1. The molecule has 25 heavy (non-hydrogen) atoms. The highest BCUT2D eigenvalue weighted by Gasteiger charge is 2.10. The first-order valence-corrected chi connectivity index (χ1v) is 8.56. The van der Waals surface area contributed by atoms with Crippen LogP contribution < -0.4 is 10.9 Å². The molecule has 134 valence electrons. The van der Waals surface area contributed by atoms with Crippen molar-refractivity contribution >= 4 is 5.91 Å². The van der Waals surface area contributed by atoms with Gasteiger partial charge in [-0.3, -0.25) is 9.59 Å². The number of aryl methyl sites for hydroxylation is 1. The third-order valence-corrected chi connectivity index (χ3v) is 3.66. The van der Waals surface area contributed by atoms with E-state index in [1.165, 1.54) is 16.8 Å². The highest BCUT2D eigenvalue weighted by atomic mass is 16.5. The number of amides is 1. The molecule has 1 amide bonds. The molecular weight excluding hydrogens is 318 g/mol. The minimum Gasteiger partial charge on any atom is -0.374 e. The Bertz CT molecular complexity index is 769. The largest absolute Gasteiger partial charge is 0.374 e. The number of rotatable bonds is 8. The number of nitrogens with zero attached hydrogens (tertiary/aromatic N) is 2. The molecule has 1 heterocycles. The summed E-state index contributed by atoms with van der Waals surface area (Å²) in [5, 5.41) is 6.98. The number of aromatic nitrogens is 2. The third-order valence-electron chi connectivity index (χ3n) is 3.66. The van der Waals surface area contributed by atoms with Gasteiger partial charge in [0.2, 0.25) is 0 Å². The molecule has 1 aromatic carbocycles. The number of hydrogen-bond donors (Lipinski definition) is 1. The van der Waals surface area contributed by atoms with E-state index in [2.05, 4.69) is 10.4 Å². The molecule has 1 aromatic heterocycles. The van der Waals surface area contributed by atoms with Crippen molar-refractivity contribution in [2.24, 2.45) is 0 Å². The van der Waals surface area contributed by atoms with Crippen molar-refractivity contribution in [3.63, 3.8) is 0 Å². The van der Waals surface area contributed by atoms with Crippen LogP contribution in [0.1, 0.15) is 48.8 Å². The number of benzene rings is 1. The van der Waals surface area contributed by atoms with Crippen molar-refractivity contribution in [3.05, 3.63) is 63.6 Å². The van der Waals surface area contributed by atoms with Crippen molar-refractivity contribution in [3.8, 4) is 0 Å². The highest BCUT2D eigenvalue weighted by Crippen LogP contribution is 2.11. The predicted molar refractivity (Wildman–Crippen MR) is 96.3 cm³/mol. The van der Waals surface area contributed by atoms with Crippen LogP contribution in [-0.4, -0.2) is 21.8 Å². The fraction of sp³-hybridized carbons (Fsp3) is 0.421. The van der Waals surface area contributed by atoms with Gasteiger partial charge in [0.15, 0.2) is 0 Å². The summed E-state index contributed by atoms with van der Waals surface area (Å²) < 4.78 is 6.97. The molecule has 0 atom stereocenters. The molecular formula is C19H25N3O3. The Morgan fingerprint density at radius 3 is 2.60 bits per heavy atom. The van der Waals surface area contributed by atoms with E-state index in [0.717, 1.165) is 17.5 Å². The van der Waals surface area contributed by atoms with E-state index in [1.807, 2.05) is 45.0 Å². The van der Waals surface area contributed by atoms with Crippen LogP contribution in [0.5, 0.6) is 0 Å². The highest BCUT2D eigenvalue weighted by molar-refractivity contribution is 5.91. The molecule has 0 saturated heterocycles. The summed E-state index contributed by atoms with van der Waals surface area (Å²) in [7, 11) is 0. The van der Waals surface area contributed by atoms with Gasteiger partial charge < -0.3 is 10.1 Å². The first kappa shape index (κ1) is 18.9. The summed E-state index contributed by atoms with van der Waals surface area (Å²) in [6, 6.07) is 10.7. The van der Waals surface area contributed by atoms with E-state index < -0.39 is 0 Å². The Labute approximate surface area is 147 Å². The molecule has 0 bridgehead atoms. The molecule has 0 unspecified atom stereocenters. The minimum atomic E-state index is -0.301. The van der Waals surface area contributed by atoms with Crippen molar-refractivity contribution in [1.29, 1.82) is 0 Å². The Hall–Kier alpha value is -2.47. The number of carbonyl (C=O) groups is 1. The summed E-state index contributed by atoms with van der Waals surface area (Å²) in [5.41, 5.74) is 2.08. The second kappa shape index (κ2) is 9.13. The van der Waals surface area contributed by atoms with Crippen LogP contribution in [0.3, 0.4) is 0 Å². The Morgan fingerprint density at radius 1 is 1.20 bits per heavy atom. The maximum Gasteiger partial charge on any atom is 0.271 e. The van der Waals surface area contributed by atoms with Crippen LogP contribution in [0.15, 0.2) is 41.2 Å². The van der Waals surface area contributed by atoms with Gasteiger partial charge in [0.1, 0.15) is 5.69 Å². The van der Waals surface area contributed by atoms with Gasteiger partial charge in [-0.1, -0.05) is 31.2 Å². The van der Waals surface area contributed by atoms with Crippen LogP contribution >= 0.6 is 0 Å². The number of ether oxygens (including phenoxy) is 1. The van der Waals surface area contributed by atoms with E-state index in [-0.39, 0.29) is 23.3 Å². The second-order valence-electron chi connectivity index (χ2n) is 6.09. The maximum atomic E-state index is 12.3.